The van der Waals surface area contributed by atoms with Crippen LogP contribution in [0.1, 0.15) is 18.9 Å². The second-order valence-corrected chi connectivity index (χ2v) is 4.21. The van der Waals surface area contributed by atoms with Crippen molar-refractivity contribution in [3.8, 4) is 5.75 Å². The fraction of sp³-hybridized carbons (Fsp3) is 0.364. The molecule has 0 aliphatic rings. The largest absolute Gasteiger partial charge is 0.479 e. The molecule has 0 bridgehead atoms. The number of alkyl halides is 1. The van der Waals surface area contributed by atoms with Gasteiger partial charge in [-0.05, 0) is 30.2 Å². The van der Waals surface area contributed by atoms with E-state index in [2.05, 4.69) is 15.9 Å². The van der Waals surface area contributed by atoms with Crippen molar-refractivity contribution >= 4 is 33.5 Å². The molecule has 3 nitrogen and oxygen atoms in total. The normalized spacial score (nSPS) is 12.2. The Hall–Kier alpha value is -0.740. The molecule has 1 unspecified atom stereocenters. The van der Waals surface area contributed by atoms with Crippen molar-refractivity contribution in [3.05, 3.63) is 28.8 Å². The first kappa shape index (κ1) is 13.3. The van der Waals surface area contributed by atoms with E-state index >= 15 is 0 Å². The lowest BCUT2D eigenvalue weighted by Crippen LogP contribution is -2.25. The van der Waals surface area contributed by atoms with Crippen LogP contribution >= 0.6 is 27.5 Å². The van der Waals surface area contributed by atoms with Crippen molar-refractivity contribution in [1.82, 2.24) is 0 Å². The molecule has 0 aromatic heterocycles. The monoisotopic (exact) mass is 306 g/mol. The van der Waals surface area contributed by atoms with Gasteiger partial charge in [-0.2, -0.15) is 0 Å². The molecule has 1 aromatic carbocycles. The van der Waals surface area contributed by atoms with Gasteiger partial charge in [0.25, 0.3) is 0 Å². The number of benzene rings is 1. The van der Waals surface area contributed by atoms with Gasteiger partial charge in [0, 0.05) is 10.4 Å². The molecule has 0 saturated carbocycles. The van der Waals surface area contributed by atoms with E-state index in [1.165, 1.54) is 0 Å². The van der Waals surface area contributed by atoms with Crippen molar-refractivity contribution in [3.63, 3.8) is 0 Å². The van der Waals surface area contributed by atoms with Gasteiger partial charge in [-0.3, -0.25) is 0 Å². The number of ether oxygens (including phenoxy) is 1. The summed E-state index contributed by atoms with van der Waals surface area (Å²) in [6.45, 7) is 1.76. The van der Waals surface area contributed by atoms with Crippen LogP contribution < -0.4 is 4.74 Å². The third-order valence-corrected chi connectivity index (χ3v) is 3.06. The van der Waals surface area contributed by atoms with E-state index in [0.29, 0.717) is 22.5 Å². The summed E-state index contributed by atoms with van der Waals surface area (Å²) in [5.41, 5.74) is 0.874. The Labute approximate surface area is 107 Å². The van der Waals surface area contributed by atoms with Gasteiger partial charge in [0.2, 0.25) is 0 Å². The molecular formula is C11H12BrClO3. The van der Waals surface area contributed by atoms with Crippen LogP contribution in [-0.4, -0.2) is 17.2 Å². The number of aliphatic carboxylic acids is 1. The van der Waals surface area contributed by atoms with Gasteiger partial charge < -0.3 is 9.84 Å². The molecule has 1 aromatic rings. The zero-order chi connectivity index (χ0) is 12.1. The lowest BCUT2D eigenvalue weighted by molar-refractivity contribution is -0.145. The smallest absolute Gasteiger partial charge is 0.344 e. The average Bonchev–Trinajstić information content (AvgIpc) is 2.27. The van der Waals surface area contributed by atoms with E-state index in [9.17, 15) is 4.79 Å². The summed E-state index contributed by atoms with van der Waals surface area (Å²) >= 11 is 9.23. The summed E-state index contributed by atoms with van der Waals surface area (Å²) in [6.07, 6.45) is -0.397. The maximum Gasteiger partial charge on any atom is 0.344 e. The van der Waals surface area contributed by atoms with Crippen LogP contribution in [0.4, 0.5) is 0 Å². The van der Waals surface area contributed by atoms with Crippen molar-refractivity contribution in [2.45, 2.75) is 24.8 Å². The highest BCUT2D eigenvalue weighted by molar-refractivity contribution is 9.08. The molecule has 88 valence electrons. The molecule has 0 fully saturated rings. The molecule has 0 amide bonds. The Morgan fingerprint density at radius 2 is 2.31 bits per heavy atom. The maximum atomic E-state index is 10.8. The summed E-state index contributed by atoms with van der Waals surface area (Å²) in [5.74, 6) is -0.439. The van der Waals surface area contributed by atoms with Crippen molar-refractivity contribution in [2.24, 2.45) is 0 Å². The van der Waals surface area contributed by atoms with Crippen LogP contribution in [0.5, 0.6) is 5.75 Å². The van der Waals surface area contributed by atoms with Crippen LogP contribution in [0, 0.1) is 0 Å². The van der Waals surface area contributed by atoms with Crippen LogP contribution in [0.2, 0.25) is 5.02 Å². The third-order valence-electron chi connectivity index (χ3n) is 2.09. The first-order valence-electron chi connectivity index (χ1n) is 4.82. The number of hydrogen-bond acceptors (Lipinski definition) is 2. The fourth-order valence-corrected chi connectivity index (χ4v) is 2.01. The Kier molecular flexibility index (Phi) is 5.09. The molecule has 16 heavy (non-hydrogen) atoms. The molecule has 0 aliphatic carbocycles. The molecule has 1 N–H and O–H groups in total. The van der Waals surface area contributed by atoms with E-state index < -0.39 is 12.1 Å². The Morgan fingerprint density at radius 1 is 1.62 bits per heavy atom. The molecule has 0 saturated heterocycles. The van der Waals surface area contributed by atoms with Crippen LogP contribution in [0.25, 0.3) is 0 Å². The van der Waals surface area contributed by atoms with Crippen LogP contribution in [0.3, 0.4) is 0 Å². The molecule has 1 rings (SSSR count). The average molecular weight is 308 g/mol. The predicted octanol–water partition coefficient (Wildman–Crippen LogP) is 3.48. The number of carboxylic acid groups (broad SMARTS) is 1. The Bertz CT molecular complexity index is 381. The lowest BCUT2D eigenvalue weighted by Gasteiger charge is -2.14. The molecule has 5 heteroatoms. The Balaban J connectivity index is 2.84. The molecule has 0 spiro atoms. The summed E-state index contributed by atoms with van der Waals surface area (Å²) in [4.78, 5) is 10.8. The Morgan fingerprint density at radius 3 is 2.81 bits per heavy atom. The third kappa shape index (κ3) is 3.39. The first-order chi connectivity index (χ1) is 7.58. The number of carboxylic acids is 1. The number of rotatable bonds is 5. The molecule has 0 radical (unpaired) electrons. The minimum absolute atomic E-state index is 0.418. The van der Waals surface area contributed by atoms with Gasteiger partial charge in [0.05, 0.1) is 0 Å². The fourth-order valence-electron chi connectivity index (χ4n) is 1.20. The van der Waals surface area contributed by atoms with Gasteiger partial charge in [0.15, 0.2) is 6.10 Å². The summed E-state index contributed by atoms with van der Waals surface area (Å²) in [7, 11) is 0. The molecular weight excluding hydrogens is 295 g/mol. The number of hydrogen-bond donors (Lipinski definition) is 1. The maximum absolute atomic E-state index is 10.8. The van der Waals surface area contributed by atoms with Crippen molar-refractivity contribution in [1.29, 1.82) is 0 Å². The van der Waals surface area contributed by atoms with Crippen molar-refractivity contribution < 1.29 is 14.6 Å². The minimum Gasteiger partial charge on any atom is -0.479 e. The number of carbonyl (C=O) groups is 1. The van der Waals surface area contributed by atoms with E-state index in [0.717, 1.165) is 5.56 Å². The van der Waals surface area contributed by atoms with Gasteiger partial charge in [-0.25, -0.2) is 4.79 Å². The molecule has 0 heterocycles. The van der Waals surface area contributed by atoms with E-state index in [1.807, 2.05) is 0 Å². The molecule has 0 aliphatic heterocycles. The summed E-state index contributed by atoms with van der Waals surface area (Å²) in [5, 5.41) is 10.1. The second kappa shape index (κ2) is 6.11. The van der Waals surface area contributed by atoms with Crippen LogP contribution in [-0.2, 0) is 10.1 Å². The zero-order valence-electron chi connectivity index (χ0n) is 8.74. The van der Waals surface area contributed by atoms with Gasteiger partial charge in [-0.15, -0.1) is 0 Å². The van der Waals surface area contributed by atoms with Gasteiger partial charge >= 0.3 is 5.97 Å². The highest BCUT2D eigenvalue weighted by Crippen LogP contribution is 2.25. The van der Waals surface area contributed by atoms with E-state index in [1.54, 1.807) is 25.1 Å². The second-order valence-electron chi connectivity index (χ2n) is 3.24. The molecule has 1 atom stereocenters. The number of halogens is 2. The summed E-state index contributed by atoms with van der Waals surface area (Å²) in [6, 6.07) is 5.10. The quantitative estimate of drug-likeness (QED) is 0.847. The highest BCUT2D eigenvalue weighted by atomic mass is 79.9. The standard InChI is InChI=1S/C11H12BrClO3/c1-2-10(11(14)15)16-8-3-4-9(13)7(5-8)6-12/h3-5,10H,2,6H2,1H3,(H,14,15). The zero-order valence-corrected chi connectivity index (χ0v) is 11.1. The SMILES string of the molecule is CCC(Oc1ccc(Cl)c(CBr)c1)C(=O)O. The van der Waals surface area contributed by atoms with Gasteiger partial charge in [-0.1, -0.05) is 34.5 Å². The van der Waals surface area contributed by atoms with E-state index in [-0.39, 0.29) is 0 Å². The lowest BCUT2D eigenvalue weighted by atomic mass is 10.2. The summed E-state index contributed by atoms with van der Waals surface area (Å²) < 4.78 is 5.34. The topological polar surface area (TPSA) is 46.5 Å². The minimum atomic E-state index is -0.960. The predicted molar refractivity (Wildman–Crippen MR) is 66.4 cm³/mol. The first-order valence-corrected chi connectivity index (χ1v) is 6.32. The van der Waals surface area contributed by atoms with Gasteiger partial charge in [0.1, 0.15) is 5.75 Å². The van der Waals surface area contributed by atoms with Crippen molar-refractivity contribution in [2.75, 3.05) is 0 Å². The van der Waals surface area contributed by atoms with E-state index in [4.69, 9.17) is 21.4 Å². The highest BCUT2D eigenvalue weighted by Gasteiger charge is 2.16. The van der Waals surface area contributed by atoms with Crippen LogP contribution in [0.15, 0.2) is 18.2 Å².